The molecular formula is C21H23N5O. The number of hydrogen-bond acceptors (Lipinski definition) is 5. The fourth-order valence-electron chi connectivity index (χ4n) is 2.48. The first-order valence-corrected chi connectivity index (χ1v) is 8.70. The van der Waals surface area contributed by atoms with Gasteiger partial charge >= 0.3 is 0 Å². The second-order valence-electron chi connectivity index (χ2n) is 7.28. The van der Waals surface area contributed by atoms with E-state index in [4.69, 9.17) is 5.73 Å². The van der Waals surface area contributed by atoms with Crippen LogP contribution >= 0.6 is 0 Å². The number of aromatic nitrogens is 2. The Kier molecular flexibility index (Phi) is 5.07. The van der Waals surface area contributed by atoms with Gasteiger partial charge in [-0.3, -0.25) is 4.79 Å². The van der Waals surface area contributed by atoms with Gasteiger partial charge in [0.1, 0.15) is 5.82 Å². The summed E-state index contributed by atoms with van der Waals surface area (Å²) in [5.41, 5.74) is 8.25. The summed E-state index contributed by atoms with van der Waals surface area (Å²) in [4.78, 5) is 21.6. The molecule has 3 rings (SSSR count). The van der Waals surface area contributed by atoms with Crippen molar-refractivity contribution in [1.82, 2.24) is 9.97 Å². The fourth-order valence-corrected chi connectivity index (χ4v) is 2.48. The molecule has 0 unspecified atom stereocenters. The number of amides is 1. The molecule has 1 amide bonds. The third-order valence-corrected chi connectivity index (χ3v) is 3.70. The molecule has 0 atom stereocenters. The number of nitrogens with zero attached hydrogens (tertiary/aromatic N) is 2. The Balaban J connectivity index is 1.94. The van der Waals surface area contributed by atoms with Crippen LogP contribution in [-0.2, 0) is 0 Å². The lowest BCUT2D eigenvalue weighted by atomic mass is 10.1. The van der Waals surface area contributed by atoms with Crippen molar-refractivity contribution in [3.05, 3.63) is 66.2 Å². The number of hydrogen-bond donors (Lipinski definition) is 3. The average Bonchev–Trinajstić information content (AvgIpc) is 2.61. The van der Waals surface area contributed by atoms with E-state index in [1.807, 2.05) is 51.1 Å². The molecule has 6 nitrogen and oxygen atoms in total. The maximum absolute atomic E-state index is 12.5. The molecule has 0 aliphatic rings. The van der Waals surface area contributed by atoms with Gasteiger partial charge < -0.3 is 16.4 Å². The van der Waals surface area contributed by atoms with E-state index in [-0.39, 0.29) is 11.4 Å². The van der Waals surface area contributed by atoms with Gasteiger partial charge in [0, 0.05) is 28.4 Å². The summed E-state index contributed by atoms with van der Waals surface area (Å²) >= 11 is 0. The molecule has 0 aliphatic carbocycles. The number of carbonyl (C=O) groups is 1. The van der Waals surface area contributed by atoms with Crippen LogP contribution in [0.25, 0.3) is 11.3 Å². The Morgan fingerprint density at radius 2 is 1.63 bits per heavy atom. The minimum atomic E-state index is -0.255. The van der Waals surface area contributed by atoms with Crippen LogP contribution in [0.15, 0.2) is 60.7 Å². The predicted molar refractivity (Wildman–Crippen MR) is 110 cm³/mol. The van der Waals surface area contributed by atoms with Crippen molar-refractivity contribution in [2.45, 2.75) is 26.3 Å². The summed E-state index contributed by atoms with van der Waals surface area (Å²) in [6, 6.07) is 18.3. The lowest BCUT2D eigenvalue weighted by Crippen LogP contribution is -2.27. The molecule has 0 saturated carbocycles. The average molecular weight is 361 g/mol. The number of nitrogens with two attached hydrogens (primary N) is 1. The van der Waals surface area contributed by atoms with Crippen LogP contribution in [0.4, 0.5) is 17.5 Å². The monoisotopic (exact) mass is 361 g/mol. The van der Waals surface area contributed by atoms with Gasteiger partial charge in [-0.05, 0) is 45.0 Å². The smallest absolute Gasteiger partial charge is 0.256 e. The molecule has 0 spiro atoms. The molecule has 0 radical (unpaired) electrons. The Morgan fingerprint density at radius 3 is 2.26 bits per heavy atom. The molecule has 0 saturated heterocycles. The van der Waals surface area contributed by atoms with E-state index in [0.29, 0.717) is 23.0 Å². The summed E-state index contributed by atoms with van der Waals surface area (Å²) in [6.07, 6.45) is 0. The third-order valence-electron chi connectivity index (χ3n) is 3.70. The molecule has 0 aliphatic heterocycles. The van der Waals surface area contributed by atoms with Gasteiger partial charge in [-0.25, -0.2) is 4.98 Å². The van der Waals surface area contributed by atoms with E-state index in [1.165, 1.54) is 0 Å². The molecule has 0 fully saturated rings. The van der Waals surface area contributed by atoms with Crippen molar-refractivity contribution in [3.63, 3.8) is 0 Å². The Bertz CT molecular complexity index is 931. The number of nitrogens with one attached hydrogen (secondary N) is 2. The Labute approximate surface area is 158 Å². The predicted octanol–water partition coefficient (Wildman–Crippen LogP) is 4.19. The highest BCUT2D eigenvalue weighted by Crippen LogP contribution is 2.23. The minimum Gasteiger partial charge on any atom is -0.399 e. The van der Waals surface area contributed by atoms with Crippen molar-refractivity contribution in [3.8, 4) is 11.3 Å². The highest BCUT2D eigenvalue weighted by atomic mass is 16.1. The molecule has 1 heterocycles. The summed E-state index contributed by atoms with van der Waals surface area (Å²) in [6.45, 7) is 6.08. The fraction of sp³-hybridized carbons (Fsp3) is 0.190. The minimum absolute atomic E-state index is 0.215. The van der Waals surface area contributed by atoms with Crippen LogP contribution in [0.5, 0.6) is 0 Å². The van der Waals surface area contributed by atoms with E-state index >= 15 is 0 Å². The van der Waals surface area contributed by atoms with Crippen LogP contribution in [0.1, 0.15) is 31.1 Å². The number of nitrogen functional groups attached to an aromatic ring is 1. The maximum atomic E-state index is 12.5. The van der Waals surface area contributed by atoms with E-state index in [2.05, 4.69) is 20.6 Å². The molecule has 1 aromatic heterocycles. The van der Waals surface area contributed by atoms with Gasteiger partial charge in [0.25, 0.3) is 5.91 Å². The van der Waals surface area contributed by atoms with Crippen LogP contribution < -0.4 is 16.4 Å². The molecule has 6 heteroatoms. The Hall–Kier alpha value is -3.41. The van der Waals surface area contributed by atoms with Crippen LogP contribution in [0.2, 0.25) is 0 Å². The van der Waals surface area contributed by atoms with Crippen LogP contribution in [0, 0.1) is 0 Å². The van der Waals surface area contributed by atoms with Crippen LogP contribution in [0.3, 0.4) is 0 Å². The standard InChI is InChI=1S/C21H23N5O/c1-21(2,3)26-20-23-17(14-7-5-4-6-8-14)13-18(25-20)24-19(27)15-9-11-16(22)12-10-15/h4-13H,22H2,1-3H3,(H2,23,24,25,26,27). The zero-order valence-electron chi connectivity index (χ0n) is 15.7. The van der Waals surface area contributed by atoms with Crippen molar-refractivity contribution in [1.29, 1.82) is 0 Å². The topological polar surface area (TPSA) is 92.9 Å². The number of benzene rings is 2. The van der Waals surface area contributed by atoms with E-state index in [9.17, 15) is 4.79 Å². The van der Waals surface area contributed by atoms with E-state index in [0.717, 1.165) is 11.3 Å². The van der Waals surface area contributed by atoms with Gasteiger partial charge in [0.15, 0.2) is 0 Å². The zero-order valence-corrected chi connectivity index (χ0v) is 15.7. The van der Waals surface area contributed by atoms with Crippen molar-refractivity contribution < 1.29 is 4.79 Å². The summed E-state index contributed by atoms with van der Waals surface area (Å²) in [5.74, 6) is 0.628. The highest BCUT2D eigenvalue weighted by molar-refractivity contribution is 6.04. The van der Waals surface area contributed by atoms with Crippen molar-refractivity contribution in [2.75, 3.05) is 16.4 Å². The summed E-state index contributed by atoms with van der Waals surface area (Å²) in [7, 11) is 0. The van der Waals surface area contributed by atoms with Gasteiger partial charge in [-0.2, -0.15) is 4.98 Å². The van der Waals surface area contributed by atoms with Crippen LogP contribution in [-0.4, -0.2) is 21.4 Å². The normalized spacial score (nSPS) is 11.1. The second kappa shape index (κ2) is 7.45. The molecule has 3 aromatic rings. The first kappa shape index (κ1) is 18.4. The first-order valence-electron chi connectivity index (χ1n) is 8.70. The number of anilines is 3. The molecule has 138 valence electrons. The van der Waals surface area contributed by atoms with Crippen molar-refractivity contribution in [2.24, 2.45) is 0 Å². The third kappa shape index (κ3) is 5.04. The second-order valence-corrected chi connectivity index (χ2v) is 7.28. The first-order chi connectivity index (χ1) is 12.8. The quantitative estimate of drug-likeness (QED) is 0.606. The van der Waals surface area contributed by atoms with Gasteiger partial charge in [-0.1, -0.05) is 30.3 Å². The van der Waals surface area contributed by atoms with Gasteiger partial charge in [-0.15, -0.1) is 0 Å². The Morgan fingerprint density at radius 1 is 0.963 bits per heavy atom. The maximum Gasteiger partial charge on any atom is 0.256 e. The van der Waals surface area contributed by atoms with E-state index < -0.39 is 0 Å². The number of rotatable bonds is 4. The number of carbonyl (C=O) groups excluding carboxylic acids is 1. The zero-order chi connectivity index (χ0) is 19.4. The molecule has 4 N–H and O–H groups in total. The highest BCUT2D eigenvalue weighted by Gasteiger charge is 2.15. The lowest BCUT2D eigenvalue weighted by molar-refractivity contribution is 0.102. The molecular weight excluding hydrogens is 338 g/mol. The molecule has 2 aromatic carbocycles. The lowest BCUT2D eigenvalue weighted by Gasteiger charge is -2.21. The summed E-state index contributed by atoms with van der Waals surface area (Å²) < 4.78 is 0. The van der Waals surface area contributed by atoms with Gasteiger partial charge in [0.05, 0.1) is 5.69 Å². The summed E-state index contributed by atoms with van der Waals surface area (Å²) in [5, 5.41) is 6.11. The SMILES string of the molecule is CC(C)(C)Nc1nc(NC(=O)c2ccc(N)cc2)cc(-c2ccccc2)n1. The van der Waals surface area contributed by atoms with Crippen molar-refractivity contribution >= 4 is 23.4 Å². The molecule has 27 heavy (non-hydrogen) atoms. The van der Waals surface area contributed by atoms with Gasteiger partial charge in [0.2, 0.25) is 5.95 Å². The van der Waals surface area contributed by atoms with E-state index in [1.54, 1.807) is 30.3 Å². The molecule has 0 bridgehead atoms. The largest absolute Gasteiger partial charge is 0.399 e.